The predicted octanol–water partition coefficient (Wildman–Crippen LogP) is 2.33. The third kappa shape index (κ3) is 4.85. The van der Waals surface area contributed by atoms with E-state index in [0.29, 0.717) is 38.8 Å². The van der Waals surface area contributed by atoms with Crippen molar-refractivity contribution in [1.29, 1.82) is 0 Å². The zero-order chi connectivity index (χ0) is 16.1. The van der Waals surface area contributed by atoms with Gasteiger partial charge in [-0.2, -0.15) is 13.2 Å². The van der Waals surface area contributed by atoms with Crippen molar-refractivity contribution in [3.05, 3.63) is 0 Å². The fourth-order valence-corrected chi connectivity index (χ4v) is 3.24. The molecule has 0 aliphatic heterocycles. The zero-order valence-electron chi connectivity index (χ0n) is 12.9. The van der Waals surface area contributed by atoms with Crippen LogP contribution < -0.4 is 5.32 Å². The molecule has 0 saturated heterocycles. The Hall–Kier alpha value is -0.820. The minimum Gasteiger partial charge on any atom is -0.468 e. The molecule has 2 unspecified atom stereocenters. The number of hydrogen-bond donors (Lipinski definition) is 1. The van der Waals surface area contributed by atoms with E-state index in [0.717, 1.165) is 0 Å². The number of likely N-dealkylation sites (N-methyl/N-ethyl adjacent to an activating group) is 1. The number of carbonyl (C=O) groups excluding carboxylic acids is 1. The van der Waals surface area contributed by atoms with Crippen molar-refractivity contribution in [3.8, 4) is 0 Å². The highest BCUT2D eigenvalue weighted by Crippen LogP contribution is 2.33. The van der Waals surface area contributed by atoms with Crippen LogP contribution in [-0.2, 0) is 9.53 Å². The Balaban J connectivity index is 2.87. The van der Waals surface area contributed by atoms with Gasteiger partial charge in [0, 0.05) is 6.04 Å². The number of nitrogens with one attached hydrogen (secondary N) is 1. The van der Waals surface area contributed by atoms with Gasteiger partial charge < -0.3 is 10.1 Å². The van der Waals surface area contributed by atoms with Crippen LogP contribution in [0.4, 0.5) is 13.2 Å². The molecule has 1 N–H and O–H groups in total. The average Bonchev–Trinajstić information content (AvgIpc) is 2.43. The van der Waals surface area contributed by atoms with Crippen molar-refractivity contribution in [2.45, 2.75) is 57.3 Å². The highest BCUT2D eigenvalue weighted by molar-refractivity contribution is 5.81. The molecule has 0 aromatic heterocycles. The summed E-state index contributed by atoms with van der Waals surface area (Å²) in [5.41, 5.74) is -0.856. The first-order chi connectivity index (χ1) is 9.78. The highest BCUT2D eigenvalue weighted by atomic mass is 19.4. The van der Waals surface area contributed by atoms with Gasteiger partial charge in [0.25, 0.3) is 0 Å². The first kappa shape index (κ1) is 18.2. The summed E-state index contributed by atoms with van der Waals surface area (Å²) in [6.07, 6.45) is -1.88. The lowest BCUT2D eigenvalue weighted by molar-refractivity contribution is -0.158. The Bertz CT molecular complexity index is 346. The normalized spacial score (nSPS) is 26.9. The number of methoxy groups -OCH3 is 1. The van der Waals surface area contributed by atoms with E-state index in [-0.39, 0.29) is 12.0 Å². The number of rotatable bonds is 6. The molecule has 0 aromatic carbocycles. The maximum absolute atomic E-state index is 12.7. The third-order valence-electron chi connectivity index (χ3n) is 4.12. The van der Waals surface area contributed by atoms with Crippen LogP contribution in [-0.4, -0.2) is 55.4 Å². The largest absolute Gasteiger partial charge is 0.468 e. The van der Waals surface area contributed by atoms with Gasteiger partial charge in [-0.3, -0.25) is 9.69 Å². The van der Waals surface area contributed by atoms with Gasteiger partial charge in [0.2, 0.25) is 0 Å². The lowest BCUT2D eigenvalue weighted by Crippen LogP contribution is -2.59. The number of hydrogen-bond acceptors (Lipinski definition) is 4. The monoisotopic (exact) mass is 310 g/mol. The number of carbonyl (C=O) groups is 1. The lowest BCUT2D eigenvalue weighted by Gasteiger charge is -2.43. The molecule has 0 aromatic rings. The molecular formula is C14H25F3N2O2. The second-order valence-electron chi connectivity index (χ2n) is 5.53. The molecule has 7 heteroatoms. The number of ether oxygens (including phenoxy) is 1. The van der Waals surface area contributed by atoms with Crippen molar-refractivity contribution < 1.29 is 22.7 Å². The molecule has 1 rings (SSSR count). The van der Waals surface area contributed by atoms with Gasteiger partial charge in [-0.25, -0.2) is 0 Å². The summed E-state index contributed by atoms with van der Waals surface area (Å²) in [6.45, 7) is 3.55. The Morgan fingerprint density at radius 2 is 2.10 bits per heavy atom. The first-order valence-electron chi connectivity index (χ1n) is 7.42. The van der Waals surface area contributed by atoms with Gasteiger partial charge in [-0.15, -0.1) is 0 Å². The van der Waals surface area contributed by atoms with Crippen LogP contribution in [0.15, 0.2) is 0 Å². The molecule has 1 fully saturated rings. The number of halogens is 3. The van der Waals surface area contributed by atoms with E-state index >= 15 is 0 Å². The van der Waals surface area contributed by atoms with Crippen LogP contribution in [0.1, 0.15) is 39.5 Å². The van der Waals surface area contributed by atoms with E-state index in [1.54, 1.807) is 6.92 Å². The van der Waals surface area contributed by atoms with Gasteiger partial charge in [0.1, 0.15) is 5.54 Å². The minimum atomic E-state index is -4.22. The molecule has 1 aliphatic carbocycles. The van der Waals surface area contributed by atoms with E-state index in [1.165, 1.54) is 12.0 Å². The smallest absolute Gasteiger partial charge is 0.401 e. The highest BCUT2D eigenvalue weighted by Gasteiger charge is 2.45. The molecule has 124 valence electrons. The molecule has 4 nitrogen and oxygen atoms in total. The van der Waals surface area contributed by atoms with Gasteiger partial charge in [-0.1, -0.05) is 13.8 Å². The summed E-state index contributed by atoms with van der Waals surface area (Å²) in [5.74, 6) is -0.378. The van der Waals surface area contributed by atoms with Crippen LogP contribution in [0.5, 0.6) is 0 Å². The second kappa shape index (κ2) is 7.45. The van der Waals surface area contributed by atoms with E-state index < -0.39 is 18.3 Å². The number of esters is 1. The van der Waals surface area contributed by atoms with Gasteiger partial charge in [0.05, 0.1) is 13.7 Å². The predicted molar refractivity (Wildman–Crippen MR) is 74.0 cm³/mol. The van der Waals surface area contributed by atoms with Crippen molar-refractivity contribution in [3.63, 3.8) is 0 Å². The maximum atomic E-state index is 12.7. The maximum Gasteiger partial charge on any atom is 0.401 e. The SMILES string of the molecule is CCNC1(C(=O)OC)CCCC(N(CC)CC(F)(F)F)C1. The van der Waals surface area contributed by atoms with Crippen molar-refractivity contribution in [1.82, 2.24) is 10.2 Å². The average molecular weight is 310 g/mol. The molecular weight excluding hydrogens is 285 g/mol. The second-order valence-corrected chi connectivity index (χ2v) is 5.53. The van der Waals surface area contributed by atoms with Crippen molar-refractivity contribution >= 4 is 5.97 Å². The van der Waals surface area contributed by atoms with Gasteiger partial charge in [-0.05, 0) is 38.8 Å². The number of alkyl halides is 3. The van der Waals surface area contributed by atoms with Crippen LogP contribution in [0.25, 0.3) is 0 Å². The summed E-state index contributed by atoms with van der Waals surface area (Å²) >= 11 is 0. The molecule has 1 saturated carbocycles. The summed E-state index contributed by atoms with van der Waals surface area (Å²) in [5, 5.41) is 3.14. The van der Waals surface area contributed by atoms with E-state index in [1.807, 2.05) is 6.92 Å². The first-order valence-corrected chi connectivity index (χ1v) is 7.42. The molecule has 0 amide bonds. The van der Waals surface area contributed by atoms with Gasteiger partial charge in [0.15, 0.2) is 0 Å². The van der Waals surface area contributed by atoms with Crippen LogP contribution in [0, 0.1) is 0 Å². The quantitative estimate of drug-likeness (QED) is 0.765. The zero-order valence-corrected chi connectivity index (χ0v) is 12.9. The molecule has 0 bridgehead atoms. The molecule has 0 heterocycles. The van der Waals surface area contributed by atoms with E-state index in [2.05, 4.69) is 5.32 Å². The number of nitrogens with zero attached hydrogens (tertiary/aromatic N) is 1. The standard InChI is InChI=1S/C14H25F3N2O2/c1-4-18-13(12(20)21-3)8-6-7-11(9-13)19(5-2)10-14(15,16)17/h11,18H,4-10H2,1-3H3. The van der Waals surface area contributed by atoms with Crippen LogP contribution in [0.2, 0.25) is 0 Å². The fourth-order valence-electron chi connectivity index (χ4n) is 3.24. The summed E-state index contributed by atoms with van der Waals surface area (Å²) in [6, 6.07) is -0.261. The Labute approximate surface area is 124 Å². The summed E-state index contributed by atoms with van der Waals surface area (Å²) in [7, 11) is 1.32. The topological polar surface area (TPSA) is 41.6 Å². The summed E-state index contributed by atoms with van der Waals surface area (Å²) < 4.78 is 42.9. The summed E-state index contributed by atoms with van der Waals surface area (Å²) in [4.78, 5) is 13.5. The third-order valence-corrected chi connectivity index (χ3v) is 4.12. The fraction of sp³-hybridized carbons (Fsp3) is 0.929. The molecule has 0 radical (unpaired) electrons. The van der Waals surface area contributed by atoms with Crippen molar-refractivity contribution in [2.24, 2.45) is 0 Å². The molecule has 21 heavy (non-hydrogen) atoms. The Morgan fingerprint density at radius 1 is 1.43 bits per heavy atom. The van der Waals surface area contributed by atoms with Crippen molar-refractivity contribution in [2.75, 3.05) is 26.7 Å². The minimum absolute atomic E-state index is 0.261. The van der Waals surface area contributed by atoms with E-state index in [9.17, 15) is 18.0 Å². The van der Waals surface area contributed by atoms with Crippen LogP contribution in [0.3, 0.4) is 0 Å². The molecule has 1 aliphatic rings. The van der Waals surface area contributed by atoms with E-state index in [4.69, 9.17) is 4.74 Å². The molecule has 0 spiro atoms. The lowest BCUT2D eigenvalue weighted by atomic mass is 9.78. The molecule has 2 atom stereocenters. The van der Waals surface area contributed by atoms with Crippen LogP contribution >= 0.6 is 0 Å². The Kier molecular flexibility index (Phi) is 6.46. The van der Waals surface area contributed by atoms with Gasteiger partial charge >= 0.3 is 12.1 Å². The Morgan fingerprint density at radius 3 is 2.57 bits per heavy atom.